The molecule has 0 aromatic carbocycles. The molecule has 1 aliphatic carbocycles. The van der Waals surface area contributed by atoms with E-state index in [4.69, 9.17) is 16.3 Å². The van der Waals surface area contributed by atoms with Crippen LogP contribution in [0.25, 0.3) is 0 Å². The van der Waals surface area contributed by atoms with Crippen LogP contribution in [-0.2, 0) is 10.6 Å². The average molecular weight is 230 g/mol. The number of aromatic nitrogens is 3. The van der Waals surface area contributed by atoms with Crippen molar-refractivity contribution in [3.63, 3.8) is 0 Å². The van der Waals surface area contributed by atoms with Crippen LogP contribution in [0, 0.1) is 5.92 Å². The molecule has 1 aromatic heterocycles. The zero-order chi connectivity index (χ0) is 11.0. The summed E-state index contributed by atoms with van der Waals surface area (Å²) in [5, 5.41) is 8.27. The van der Waals surface area contributed by atoms with Gasteiger partial charge in [0.2, 0.25) is 0 Å². The monoisotopic (exact) mass is 229 g/mol. The zero-order valence-electron chi connectivity index (χ0n) is 9.27. The lowest BCUT2D eigenvalue weighted by molar-refractivity contribution is 0.110. The Labute approximate surface area is 94.6 Å². The van der Waals surface area contributed by atoms with Gasteiger partial charge in [0.1, 0.15) is 5.69 Å². The van der Waals surface area contributed by atoms with Crippen LogP contribution in [-0.4, -0.2) is 22.1 Å². The molecule has 3 unspecified atom stereocenters. The molecule has 0 aliphatic heterocycles. The maximum atomic E-state index is 5.84. The van der Waals surface area contributed by atoms with Crippen LogP contribution >= 0.6 is 11.6 Å². The largest absolute Gasteiger partial charge is 0.375 e. The van der Waals surface area contributed by atoms with Crippen molar-refractivity contribution < 1.29 is 4.74 Å². The number of hydrogen-bond donors (Lipinski definition) is 0. The minimum atomic E-state index is 0.00144. The van der Waals surface area contributed by atoms with E-state index in [0.29, 0.717) is 17.8 Å². The fraction of sp³-hybridized carbons (Fsp3) is 0.800. The van der Waals surface area contributed by atoms with Crippen molar-refractivity contribution in [2.24, 2.45) is 5.92 Å². The van der Waals surface area contributed by atoms with Crippen LogP contribution in [0.1, 0.15) is 43.8 Å². The molecule has 0 amide bonds. The molecule has 0 spiro atoms. The minimum Gasteiger partial charge on any atom is -0.375 e. The Morgan fingerprint density at radius 2 is 2.33 bits per heavy atom. The van der Waals surface area contributed by atoms with E-state index in [0.717, 1.165) is 11.4 Å². The summed E-state index contributed by atoms with van der Waals surface area (Å²) < 4.78 is 7.31. The fourth-order valence-electron chi connectivity index (χ4n) is 1.85. The molecule has 15 heavy (non-hydrogen) atoms. The molecule has 2 rings (SSSR count). The lowest BCUT2D eigenvalue weighted by atomic mass is 10.2. The summed E-state index contributed by atoms with van der Waals surface area (Å²) in [6, 6.07) is 0.488. The van der Waals surface area contributed by atoms with E-state index in [1.54, 1.807) is 7.11 Å². The van der Waals surface area contributed by atoms with Crippen molar-refractivity contribution >= 4 is 11.6 Å². The van der Waals surface area contributed by atoms with E-state index in [1.807, 2.05) is 11.6 Å². The predicted octanol–water partition coefficient (Wildman–Crippen LogP) is 2.31. The lowest BCUT2D eigenvalue weighted by Crippen LogP contribution is -2.09. The Bertz CT molecular complexity index is 352. The van der Waals surface area contributed by atoms with Gasteiger partial charge in [0.25, 0.3) is 0 Å². The van der Waals surface area contributed by atoms with Gasteiger partial charge in [0, 0.05) is 7.11 Å². The van der Waals surface area contributed by atoms with Gasteiger partial charge in [-0.05, 0) is 19.3 Å². The van der Waals surface area contributed by atoms with Crippen molar-refractivity contribution in [2.45, 2.75) is 38.3 Å². The highest BCUT2D eigenvalue weighted by atomic mass is 35.5. The van der Waals surface area contributed by atoms with E-state index in [-0.39, 0.29) is 6.10 Å². The van der Waals surface area contributed by atoms with E-state index < -0.39 is 0 Å². The molecule has 0 N–H and O–H groups in total. The van der Waals surface area contributed by atoms with Crippen LogP contribution < -0.4 is 0 Å². The van der Waals surface area contributed by atoms with Crippen molar-refractivity contribution in [2.75, 3.05) is 7.11 Å². The summed E-state index contributed by atoms with van der Waals surface area (Å²) in [5.41, 5.74) is 1.87. The smallest absolute Gasteiger partial charge is 0.103 e. The third-order valence-electron chi connectivity index (χ3n) is 3.05. The molecule has 1 saturated carbocycles. The summed E-state index contributed by atoms with van der Waals surface area (Å²) >= 11 is 5.84. The molecule has 5 heteroatoms. The van der Waals surface area contributed by atoms with Gasteiger partial charge in [-0.1, -0.05) is 12.1 Å². The number of methoxy groups -OCH3 is 1. The Balaban J connectivity index is 2.33. The molecule has 84 valence electrons. The second-order valence-electron chi connectivity index (χ2n) is 4.16. The third-order valence-corrected chi connectivity index (χ3v) is 3.30. The van der Waals surface area contributed by atoms with Gasteiger partial charge in [-0.25, -0.2) is 4.68 Å². The molecule has 0 saturated heterocycles. The summed E-state index contributed by atoms with van der Waals surface area (Å²) in [7, 11) is 1.69. The Morgan fingerprint density at radius 1 is 1.67 bits per heavy atom. The molecule has 1 heterocycles. The number of ether oxygens (including phenoxy) is 1. The number of alkyl halides is 1. The molecular formula is C10H16ClN3O. The highest BCUT2D eigenvalue weighted by Gasteiger charge is 2.38. The van der Waals surface area contributed by atoms with E-state index >= 15 is 0 Å². The molecule has 3 atom stereocenters. The summed E-state index contributed by atoms with van der Waals surface area (Å²) in [6.07, 6.45) is 1.18. The lowest BCUT2D eigenvalue weighted by Gasteiger charge is -2.12. The van der Waals surface area contributed by atoms with Crippen molar-refractivity contribution in [1.29, 1.82) is 0 Å². The molecule has 1 aromatic rings. The maximum absolute atomic E-state index is 5.84. The van der Waals surface area contributed by atoms with Crippen LogP contribution in [0.3, 0.4) is 0 Å². The van der Waals surface area contributed by atoms with Gasteiger partial charge >= 0.3 is 0 Å². The van der Waals surface area contributed by atoms with E-state index in [1.165, 1.54) is 6.42 Å². The summed E-state index contributed by atoms with van der Waals surface area (Å²) in [6.45, 7) is 4.21. The van der Waals surface area contributed by atoms with E-state index in [2.05, 4.69) is 17.2 Å². The fourth-order valence-corrected chi connectivity index (χ4v) is 2.04. The van der Waals surface area contributed by atoms with Gasteiger partial charge in [-0.2, -0.15) is 0 Å². The minimum absolute atomic E-state index is 0.00144. The SMILES string of the molecule is COC(C)c1c(CCl)nnn1C1CC1C. The van der Waals surface area contributed by atoms with Gasteiger partial charge in [0.05, 0.1) is 23.7 Å². The van der Waals surface area contributed by atoms with Crippen molar-refractivity contribution in [1.82, 2.24) is 15.0 Å². The van der Waals surface area contributed by atoms with Crippen LogP contribution in [0.5, 0.6) is 0 Å². The Hall–Kier alpha value is -0.610. The van der Waals surface area contributed by atoms with Gasteiger partial charge in [-0.15, -0.1) is 16.7 Å². The van der Waals surface area contributed by atoms with Gasteiger partial charge < -0.3 is 4.74 Å². The first-order valence-corrected chi connectivity index (χ1v) is 5.75. The third kappa shape index (κ3) is 1.88. The number of rotatable bonds is 4. The topological polar surface area (TPSA) is 39.9 Å². The van der Waals surface area contributed by atoms with Crippen LogP contribution in [0.15, 0.2) is 0 Å². The predicted molar refractivity (Wildman–Crippen MR) is 57.8 cm³/mol. The number of halogens is 1. The van der Waals surface area contributed by atoms with E-state index in [9.17, 15) is 0 Å². The highest BCUT2D eigenvalue weighted by molar-refractivity contribution is 6.16. The standard InChI is InChI=1S/C10H16ClN3O/c1-6-4-9(6)14-10(7(2)15-3)8(5-11)12-13-14/h6-7,9H,4-5H2,1-3H3. The zero-order valence-corrected chi connectivity index (χ0v) is 10.0. The summed E-state index contributed by atoms with van der Waals surface area (Å²) in [4.78, 5) is 0. The first-order chi connectivity index (χ1) is 7.19. The number of nitrogens with zero attached hydrogens (tertiary/aromatic N) is 3. The molecular weight excluding hydrogens is 214 g/mol. The molecule has 4 nitrogen and oxygen atoms in total. The second-order valence-corrected chi connectivity index (χ2v) is 4.43. The molecule has 0 radical (unpaired) electrons. The quantitative estimate of drug-likeness (QED) is 0.744. The second kappa shape index (κ2) is 4.10. The first kappa shape index (κ1) is 10.9. The average Bonchev–Trinajstić information content (AvgIpc) is 2.82. The van der Waals surface area contributed by atoms with Gasteiger partial charge in [-0.3, -0.25) is 0 Å². The number of hydrogen-bond acceptors (Lipinski definition) is 3. The molecule has 0 bridgehead atoms. The maximum Gasteiger partial charge on any atom is 0.103 e. The van der Waals surface area contributed by atoms with Crippen molar-refractivity contribution in [3.8, 4) is 0 Å². The first-order valence-electron chi connectivity index (χ1n) is 5.21. The van der Waals surface area contributed by atoms with Gasteiger partial charge in [0.15, 0.2) is 0 Å². The molecule has 1 fully saturated rings. The summed E-state index contributed by atoms with van der Waals surface area (Å²) in [5.74, 6) is 1.09. The van der Waals surface area contributed by atoms with Crippen molar-refractivity contribution in [3.05, 3.63) is 11.4 Å². The highest BCUT2D eigenvalue weighted by Crippen LogP contribution is 2.44. The van der Waals surface area contributed by atoms with Crippen LogP contribution in [0.2, 0.25) is 0 Å². The molecule has 1 aliphatic rings. The Morgan fingerprint density at radius 3 is 2.80 bits per heavy atom. The Kier molecular flexibility index (Phi) is 2.98. The normalized spacial score (nSPS) is 26.7. The van der Waals surface area contributed by atoms with Crippen LogP contribution in [0.4, 0.5) is 0 Å².